The van der Waals surface area contributed by atoms with E-state index in [4.69, 9.17) is 4.74 Å². The SMILES string of the molecule is CC(C)(C)OC(=O)N(Cc1c(F)cccc1C=O)c1cc(F)c(S(=O)(=O)N(C(=O)O)c2cscn2)c(F)c1. The van der Waals surface area contributed by atoms with Crippen LogP contribution in [-0.4, -0.2) is 42.6 Å². The zero-order valence-electron chi connectivity index (χ0n) is 20.0. The first-order valence-corrected chi connectivity index (χ1v) is 12.9. The summed E-state index contributed by atoms with van der Waals surface area (Å²) in [6.45, 7) is 3.78. The number of aromatic nitrogens is 1. The van der Waals surface area contributed by atoms with Crippen molar-refractivity contribution in [1.29, 1.82) is 0 Å². The Morgan fingerprint density at radius 2 is 1.76 bits per heavy atom. The van der Waals surface area contributed by atoms with E-state index in [9.17, 15) is 32.3 Å². The van der Waals surface area contributed by atoms with Gasteiger partial charge in [-0.3, -0.25) is 9.69 Å². The van der Waals surface area contributed by atoms with E-state index in [2.05, 4.69) is 4.98 Å². The predicted octanol–water partition coefficient (Wildman–Crippen LogP) is 5.19. The number of hydrogen-bond donors (Lipinski definition) is 1. The molecule has 15 heteroatoms. The van der Waals surface area contributed by atoms with Crippen LogP contribution in [0.4, 0.5) is 34.3 Å². The van der Waals surface area contributed by atoms with Gasteiger partial charge in [0.05, 0.1) is 17.7 Å². The van der Waals surface area contributed by atoms with Gasteiger partial charge in [-0.2, -0.15) is 0 Å². The normalized spacial score (nSPS) is 11.6. The molecule has 202 valence electrons. The summed E-state index contributed by atoms with van der Waals surface area (Å²) in [6, 6.07) is 4.40. The zero-order chi connectivity index (χ0) is 28.4. The number of carbonyl (C=O) groups is 3. The third-order valence-corrected chi connectivity index (χ3v) is 7.11. The molecule has 0 fully saturated rings. The van der Waals surface area contributed by atoms with Crippen molar-refractivity contribution in [2.45, 2.75) is 37.8 Å². The molecular formula is C23H20F3N3O7S2. The summed E-state index contributed by atoms with van der Waals surface area (Å²) in [5.74, 6) is -5.01. The van der Waals surface area contributed by atoms with Gasteiger partial charge in [-0.15, -0.1) is 15.6 Å². The van der Waals surface area contributed by atoms with Crippen molar-refractivity contribution in [3.05, 3.63) is 69.8 Å². The van der Waals surface area contributed by atoms with Crippen molar-refractivity contribution in [1.82, 2.24) is 4.98 Å². The Balaban J connectivity index is 2.16. The van der Waals surface area contributed by atoms with Crippen molar-refractivity contribution in [2.24, 2.45) is 0 Å². The van der Waals surface area contributed by atoms with Crippen LogP contribution in [0.15, 0.2) is 46.1 Å². The number of amides is 2. The number of carboxylic acid groups (broad SMARTS) is 1. The molecule has 3 rings (SSSR count). The second-order valence-electron chi connectivity index (χ2n) is 8.63. The monoisotopic (exact) mass is 571 g/mol. The van der Waals surface area contributed by atoms with E-state index in [1.165, 1.54) is 32.9 Å². The molecule has 1 N–H and O–H groups in total. The molecule has 0 aliphatic carbocycles. The van der Waals surface area contributed by atoms with Gasteiger partial charge in [0, 0.05) is 16.5 Å². The van der Waals surface area contributed by atoms with Crippen LogP contribution in [-0.2, 0) is 21.3 Å². The van der Waals surface area contributed by atoms with Gasteiger partial charge < -0.3 is 9.84 Å². The van der Waals surface area contributed by atoms with E-state index in [0.29, 0.717) is 23.3 Å². The van der Waals surface area contributed by atoms with Gasteiger partial charge in [-0.25, -0.2) is 36.2 Å². The van der Waals surface area contributed by atoms with Crippen LogP contribution in [0.1, 0.15) is 36.7 Å². The summed E-state index contributed by atoms with van der Waals surface area (Å²) in [5.41, 5.74) is -1.03. The summed E-state index contributed by atoms with van der Waals surface area (Å²) in [5, 5.41) is 10.5. The summed E-state index contributed by atoms with van der Waals surface area (Å²) in [4.78, 5) is 38.6. The molecule has 0 aliphatic rings. The minimum Gasteiger partial charge on any atom is -0.464 e. The number of anilines is 2. The molecule has 0 spiro atoms. The van der Waals surface area contributed by atoms with Gasteiger partial charge in [0.25, 0.3) is 10.0 Å². The largest absolute Gasteiger partial charge is 0.464 e. The number of rotatable bonds is 7. The van der Waals surface area contributed by atoms with Gasteiger partial charge >= 0.3 is 12.2 Å². The van der Waals surface area contributed by atoms with E-state index in [0.717, 1.165) is 28.3 Å². The van der Waals surface area contributed by atoms with Gasteiger partial charge in [0.1, 0.15) is 23.1 Å². The number of nitrogens with zero attached hydrogens (tertiary/aromatic N) is 3. The fourth-order valence-corrected chi connectivity index (χ4v) is 5.19. The van der Waals surface area contributed by atoms with Crippen LogP contribution in [0.3, 0.4) is 0 Å². The zero-order valence-corrected chi connectivity index (χ0v) is 21.6. The van der Waals surface area contributed by atoms with E-state index in [1.54, 1.807) is 0 Å². The van der Waals surface area contributed by atoms with Crippen LogP contribution in [0.2, 0.25) is 0 Å². The highest BCUT2D eigenvalue weighted by Gasteiger charge is 2.38. The maximum atomic E-state index is 15.2. The average Bonchev–Trinajstić information content (AvgIpc) is 3.29. The highest BCUT2D eigenvalue weighted by molar-refractivity contribution is 7.93. The molecule has 0 unspecified atom stereocenters. The van der Waals surface area contributed by atoms with Crippen molar-refractivity contribution >= 4 is 51.3 Å². The lowest BCUT2D eigenvalue weighted by atomic mass is 10.1. The Labute approximate surface area is 218 Å². The molecule has 10 nitrogen and oxygen atoms in total. The number of aldehydes is 1. The van der Waals surface area contributed by atoms with Crippen molar-refractivity contribution < 1.29 is 45.8 Å². The Hall–Kier alpha value is -3.98. The molecule has 2 amide bonds. The van der Waals surface area contributed by atoms with Crippen LogP contribution in [0.5, 0.6) is 0 Å². The molecule has 3 aromatic rings. The molecule has 0 saturated heterocycles. The smallest absolute Gasteiger partial charge is 0.427 e. The first kappa shape index (κ1) is 28.6. The van der Waals surface area contributed by atoms with E-state index < -0.39 is 68.2 Å². The number of sulfonamides is 1. The van der Waals surface area contributed by atoms with Gasteiger partial charge in [-0.1, -0.05) is 12.1 Å². The summed E-state index contributed by atoms with van der Waals surface area (Å²) in [6.07, 6.45) is -2.95. The Morgan fingerprint density at radius 1 is 1.13 bits per heavy atom. The lowest BCUT2D eigenvalue weighted by Crippen LogP contribution is -2.38. The molecule has 0 atom stereocenters. The first-order chi connectivity index (χ1) is 17.7. The Kier molecular flexibility index (Phi) is 8.12. The van der Waals surface area contributed by atoms with Crippen LogP contribution < -0.4 is 9.21 Å². The number of hydrogen-bond acceptors (Lipinski definition) is 8. The molecule has 1 aromatic heterocycles. The third-order valence-electron chi connectivity index (χ3n) is 4.81. The number of benzene rings is 2. The van der Waals surface area contributed by atoms with Crippen molar-refractivity contribution in [3.63, 3.8) is 0 Å². The Morgan fingerprint density at radius 3 is 2.26 bits per heavy atom. The number of thiazole rings is 1. The highest BCUT2D eigenvalue weighted by atomic mass is 32.2. The molecule has 1 heterocycles. The van der Waals surface area contributed by atoms with Crippen molar-refractivity contribution in [2.75, 3.05) is 9.21 Å². The molecule has 0 radical (unpaired) electrons. The molecular weight excluding hydrogens is 551 g/mol. The van der Waals surface area contributed by atoms with E-state index >= 15 is 8.78 Å². The number of carbonyl (C=O) groups excluding carboxylic acids is 2. The topological polar surface area (TPSA) is 134 Å². The Bertz CT molecular complexity index is 1470. The first-order valence-electron chi connectivity index (χ1n) is 10.6. The van der Waals surface area contributed by atoms with E-state index in [1.807, 2.05) is 0 Å². The highest BCUT2D eigenvalue weighted by Crippen LogP contribution is 2.32. The average molecular weight is 572 g/mol. The summed E-state index contributed by atoms with van der Waals surface area (Å²) in [7, 11) is -5.37. The maximum absolute atomic E-state index is 15.2. The van der Waals surface area contributed by atoms with Crippen LogP contribution in [0, 0.1) is 17.5 Å². The number of ether oxygens (including phenoxy) is 1. The second kappa shape index (κ2) is 10.8. The van der Waals surface area contributed by atoms with Gasteiger partial charge in [0.2, 0.25) is 0 Å². The predicted molar refractivity (Wildman–Crippen MR) is 130 cm³/mol. The van der Waals surface area contributed by atoms with E-state index in [-0.39, 0.29) is 15.4 Å². The van der Waals surface area contributed by atoms with Crippen molar-refractivity contribution in [3.8, 4) is 0 Å². The molecule has 2 aromatic carbocycles. The second-order valence-corrected chi connectivity index (χ2v) is 11.1. The lowest BCUT2D eigenvalue weighted by Gasteiger charge is -2.28. The minimum atomic E-state index is -5.37. The lowest BCUT2D eigenvalue weighted by molar-refractivity contribution is 0.0576. The standard InChI is InChI=1S/C23H20F3N3O7S2/c1-23(2,3)36-22(33)28(9-15-13(10-30)5-4-6-16(15)24)14-7-17(25)20(18(26)8-14)38(34,35)29(21(31)32)19-11-37-12-27-19/h4-8,10-12H,9H2,1-3H3,(H,31,32). The molecule has 0 aliphatic heterocycles. The summed E-state index contributed by atoms with van der Waals surface area (Å²) >= 11 is 0.842. The minimum absolute atomic E-state index is 0.154. The third kappa shape index (κ3) is 5.94. The fourth-order valence-electron chi connectivity index (χ4n) is 3.26. The molecule has 38 heavy (non-hydrogen) atoms. The van der Waals surface area contributed by atoms with Gasteiger partial charge in [-0.05, 0) is 39.0 Å². The maximum Gasteiger partial charge on any atom is 0.427 e. The number of halogens is 3. The fraction of sp³-hybridized carbons (Fsp3) is 0.217. The van der Waals surface area contributed by atoms with Crippen LogP contribution >= 0.6 is 11.3 Å². The van der Waals surface area contributed by atoms with Gasteiger partial charge in [0.15, 0.2) is 17.0 Å². The van der Waals surface area contributed by atoms with Crippen LogP contribution in [0.25, 0.3) is 0 Å². The quantitative estimate of drug-likeness (QED) is 0.383. The molecule has 0 bridgehead atoms. The molecule has 0 saturated carbocycles. The summed E-state index contributed by atoms with van der Waals surface area (Å²) < 4.78 is 75.9.